The third-order valence-corrected chi connectivity index (χ3v) is 5.33. The van der Waals surface area contributed by atoms with Crippen LogP contribution in [0.3, 0.4) is 0 Å². The molecule has 2 aliphatic rings. The lowest BCUT2D eigenvalue weighted by atomic mass is 9.95. The van der Waals surface area contributed by atoms with Crippen molar-refractivity contribution < 1.29 is 4.74 Å². The molecule has 3 heteroatoms. The van der Waals surface area contributed by atoms with Crippen LogP contribution in [0.25, 0.3) is 0 Å². The normalized spacial score (nSPS) is 25.3. The largest absolute Gasteiger partial charge is 0.497 e. The van der Waals surface area contributed by atoms with Crippen LogP contribution in [0.2, 0.25) is 0 Å². The van der Waals surface area contributed by atoms with E-state index in [0.29, 0.717) is 0 Å². The average Bonchev–Trinajstić information content (AvgIpc) is 2.56. The highest BCUT2D eigenvalue weighted by Gasteiger charge is 2.27. The number of nitrogens with zero attached hydrogens (tertiary/aromatic N) is 2. The van der Waals surface area contributed by atoms with Crippen LogP contribution in [-0.4, -0.2) is 49.1 Å². The Balaban J connectivity index is 1.46. The number of rotatable bonds is 4. The molecule has 1 aromatic carbocycles. The maximum absolute atomic E-state index is 5.23. The van der Waals surface area contributed by atoms with Crippen LogP contribution in [0, 0.1) is 5.92 Å². The van der Waals surface area contributed by atoms with Crippen LogP contribution in [0.1, 0.15) is 38.2 Å². The molecule has 0 radical (unpaired) electrons. The van der Waals surface area contributed by atoms with Crippen LogP contribution >= 0.6 is 0 Å². The lowest BCUT2D eigenvalue weighted by Crippen LogP contribution is -2.47. The zero-order valence-electron chi connectivity index (χ0n) is 14.1. The Kier molecular flexibility index (Phi) is 5.37. The van der Waals surface area contributed by atoms with Crippen LogP contribution in [0.5, 0.6) is 5.75 Å². The summed E-state index contributed by atoms with van der Waals surface area (Å²) in [6.07, 6.45) is 5.49. The molecule has 0 aromatic heterocycles. The first kappa shape index (κ1) is 15.8. The van der Waals surface area contributed by atoms with E-state index in [1.54, 1.807) is 7.11 Å². The second-order valence-electron chi connectivity index (χ2n) is 7.10. The van der Waals surface area contributed by atoms with Gasteiger partial charge in [-0.25, -0.2) is 0 Å². The average molecular weight is 302 g/mol. The molecule has 2 heterocycles. The minimum absolute atomic E-state index is 0.829. The fraction of sp³-hybridized carbons (Fsp3) is 0.684. The monoisotopic (exact) mass is 302 g/mol. The molecular formula is C19H30N2O. The second kappa shape index (κ2) is 7.47. The summed E-state index contributed by atoms with van der Waals surface area (Å²) in [5.41, 5.74) is 1.39. The first-order valence-electron chi connectivity index (χ1n) is 8.84. The number of methoxy groups -OCH3 is 1. The summed E-state index contributed by atoms with van der Waals surface area (Å²) in [6, 6.07) is 9.35. The van der Waals surface area contributed by atoms with Crippen molar-refractivity contribution in [3.63, 3.8) is 0 Å². The molecule has 2 aliphatic heterocycles. The van der Waals surface area contributed by atoms with Crippen molar-refractivity contribution in [3.05, 3.63) is 29.8 Å². The van der Waals surface area contributed by atoms with Crippen LogP contribution < -0.4 is 4.74 Å². The van der Waals surface area contributed by atoms with Crippen molar-refractivity contribution in [1.29, 1.82) is 0 Å². The maximum Gasteiger partial charge on any atom is 0.118 e. The molecule has 3 nitrogen and oxygen atoms in total. The van der Waals surface area contributed by atoms with Gasteiger partial charge in [0.15, 0.2) is 0 Å². The Morgan fingerprint density at radius 1 is 1.05 bits per heavy atom. The van der Waals surface area contributed by atoms with E-state index in [1.165, 1.54) is 57.4 Å². The molecule has 2 fully saturated rings. The molecule has 0 amide bonds. The lowest BCUT2D eigenvalue weighted by molar-refractivity contribution is 0.0729. The van der Waals surface area contributed by atoms with Crippen molar-refractivity contribution in [1.82, 2.24) is 9.80 Å². The topological polar surface area (TPSA) is 15.7 Å². The first-order chi connectivity index (χ1) is 10.7. The van der Waals surface area contributed by atoms with Gasteiger partial charge in [-0.05, 0) is 68.9 Å². The molecule has 0 N–H and O–H groups in total. The highest BCUT2D eigenvalue weighted by Crippen LogP contribution is 2.24. The molecule has 3 rings (SSSR count). The molecule has 0 bridgehead atoms. The van der Waals surface area contributed by atoms with E-state index in [1.807, 2.05) is 0 Å². The number of ether oxygens (including phenoxy) is 1. The SMILES string of the molecule is COc1ccc(CN2CCC(N3CCCC(C)C3)CC2)cc1. The summed E-state index contributed by atoms with van der Waals surface area (Å²) in [5.74, 6) is 1.84. The van der Waals surface area contributed by atoms with Crippen molar-refractivity contribution in [2.75, 3.05) is 33.3 Å². The zero-order valence-corrected chi connectivity index (χ0v) is 14.1. The van der Waals surface area contributed by atoms with Gasteiger partial charge in [-0.2, -0.15) is 0 Å². The van der Waals surface area contributed by atoms with Crippen molar-refractivity contribution in [2.24, 2.45) is 5.92 Å². The van der Waals surface area contributed by atoms with Gasteiger partial charge >= 0.3 is 0 Å². The third kappa shape index (κ3) is 4.02. The molecule has 22 heavy (non-hydrogen) atoms. The van der Waals surface area contributed by atoms with E-state index in [4.69, 9.17) is 4.74 Å². The standard InChI is InChI=1S/C19H30N2O/c1-16-4-3-11-21(14-16)18-9-12-20(13-10-18)15-17-5-7-19(22-2)8-6-17/h5-8,16,18H,3-4,9-15H2,1-2H3. The van der Waals surface area contributed by atoms with Gasteiger partial charge in [0.1, 0.15) is 5.75 Å². The summed E-state index contributed by atoms with van der Waals surface area (Å²) in [4.78, 5) is 5.37. The Morgan fingerprint density at radius 2 is 1.77 bits per heavy atom. The zero-order chi connectivity index (χ0) is 15.4. The smallest absolute Gasteiger partial charge is 0.118 e. The summed E-state index contributed by atoms with van der Waals surface area (Å²) >= 11 is 0. The van der Waals surface area contributed by atoms with Crippen molar-refractivity contribution >= 4 is 0 Å². The number of hydrogen-bond acceptors (Lipinski definition) is 3. The van der Waals surface area contributed by atoms with Gasteiger partial charge in [0.2, 0.25) is 0 Å². The van der Waals surface area contributed by atoms with E-state index in [9.17, 15) is 0 Å². The van der Waals surface area contributed by atoms with Gasteiger partial charge in [-0.3, -0.25) is 4.90 Å². The summed E-state index contributed by atoms with van der Waals surface area (Å²) in [7, 11) is 1.72. The highest BCUT2D eigenvalue weighted by atomic mass is 16.5. The van der Waals surface area contributed by atoms with Crippen LogP contribution in [0.15, 0.2) is 24.3 Å². The van der Waals surface area contributed by atoms with E-state index in [-0.39, 0.29) is 0 Å². The molecular weight excluding hydrogens is 272 g/mol. The number of benzene rings is 1. The summed E-state index contributed by atoms with van der Waals surface area (Å²) in [5, 5.41) is 0. The fourth-order valence-electron chi connectivity index (χ4n) is 3.99. The molecule has 1 unspecified atom stereocenters. The Morgan fingerprint density at radius 3 is 2.41 bits per heavy atom. The van der Waals surface area contributed by atoms with Gasteiger partial charge in [-0.15, -0.1) is 0 Å². The van der Waals surface area contributed by atoms with Crippen molar-refractivity contribution in [2.45, 2.75) is 45.2 Å². The molecule has 122 valence electrons. The molecule has 1 atom stereocenters. The van der Waals surface area contributed by atoms with Gasteiger partial charge < -0.3 is 9.64 Å². The van der Waals surface area contributed by atoms with Gasteiger partial charge in [0.25, 0.3) is 0 Å². The number of likely N-dealkylation sites (tertiary alicyclic amines) is 2. The van der Waals surface area contributed by atoms with Crippen LogP contribution in [-0.2, 0) is 6.54 Å². The van der Waals surface area contributed by atoms with E-state index < -0.39 is 0 Å². The van der Waals surface area contributed by atoms with Gasteiger partial charge in [0, 0.05) is 19.1 Å². The van der Waals surface area contributed by atoms with Gasteiger partial charge in [0.05, 0.1) is 7.11 Å². The van der Waals surface area contributed by atoms with Crippen LogP contribution in [0.4, 0.5) is 0 Å². The quantitative estimate of drug-likeness (QED) is 0.848. The highest BCUT2D eigenvalue weighted by molar-refractivity contribution is 5.27. The number of piperidine rings is 2. The van der Waals surface area contributed by atoms with Crippen molar-refractivity contribution in [3.8, 4) is 5.75 Å². The third-order valence-electron chi connectivity index (χ3n) is 5.33. The fourth-order valence-corrected chi connectivity index (χ4v) is 3.99. The molecule has 0 saturated carbocycles. The number of hydrogen-bond donors (Lipinski definition) is 0. The summed E-state index contributed by atoms with van der Waals surface area (Å²) in [6.45, 7) is 8.61. The summed E-state index contributed by atoms with van der Waals surface area (Å²) < 4.78 is 5.23. The Labute approximate surface area is 135 Å². The van der Waals surface area contributed by atoms with E-state index >= 15 is 0 Å². The second-order valence-corrected chi connectivity index (χ2v) is 7.10. The molecule has 0 spiro atoms. The maximum atomic E-state index is 5.23. The lowest BCUT2D eigenvalue weighted by Gasteiger charge is -2.41. The minimum Gasteiger partial charge on any atom is -0.497 e. The Bertz CT molecular complexity index is 451. The predicted octanol–water partition coefficient (Wildman–Crippen LogP) is 3.39. The molecule has 2 saturated heterocycles. The predicted molar refractivity (Wildman–Crippen MR) is 91.3 cm³/mol. The Hall–Kier alpha value is -1.06. The van der Waals surface area contributed by atoms with E-state index in [0.717, 1.165) is 24.3 Å². The van der Waals surface area contributed by atoms with Gasteiger partial charge in [-0.1, -0.05) is 19.1 Å². The molecule has 1 aromatic rings. The van der Waals surface area contributed by atoms with E-state index in [2.05, 4.69) is 41.0 Å². The minimum atomic E-state index is 0.829. The first-order valence-corrected chi connectivity index (χ1v) is 8.84. The molecule has 0 aliphatic carbocycles.